The van der Waals surface area contributed by atoms with Gasteiger partial charge in [0.2, 0.25) is 11.8 Å². The second-order valence-corrected chi connectivity index (χ2v) is 4.74. The largest absolute Gasteiger partial charge is 0.475 e. The number of rotatable bonds is 5. The van der Waals surface area contributed by atoms with Gasteiger partial charge in [-0.1, -0.05) is 29.8 Å². The van der Waals surface area contributed by atoms with E-state index in [1.807, 2.05) is 38.1 Å². The summed E-state index contributed by atoms with van der Waals surface area (Å²) < 4.78 is 5.51. The monoisotopic (exact) mass is 277 g/mol. The van der Waals surface area contributed by atoms with E-state index in [1.54, 1.807) is 12.3 Å². The van der Waals surface area contributed by atoms with E-state index in [0.29, 0.717) is 18.4 Å². The van der Waals surface area contributed by atoms with Crippen LogP contribution in [0.1, 0.15) is 19.4 Å². The van der Waals surface area contributed by atoms with Crippen molar-refractivity contribution in [2.45, 2.75) is 26.5 Å². The highest BCUT2D eigenvalue weighted by atomic mass is 35.5. The van der Waals surface area contributed by atoms with E-state index in [2.05, 4.69) is 15.3 Å². The zero-order valence-electron chi connectivity index (χ0n) is 10.9. The number of anilines is 1. The Bertz CT molecular complexity index is 546. The van der Waals surface area contributed by atoms with Crippen LogP contribution in [0, 0.1) is 0 Å². The van der Waals surface area contributed by atoms with Crippen LogP contribution in [0.25, 0.3) is 0 Å². The lowest BCUT2D eigenvalue weighted by Crippen LogP contribution is -2.09. The number of hydrogen-bond donors (Lipinski definition) is 1. The van der Waals surface area contributed by atoms with Crippen LogP contribution >= 0.6 is 11.6 Å². The summed E-state index contributed by atoms with van der Waals surface area (Å²) in [4.78, 5) is 8.42. The summed E-state index contributed by atoms with van der Waals surface area (Å²) >= 11 is 6.09. The number of aromatic nitrogens is 2. The zero-order chi connectivity index (χ0) is 13.7. The summed E-state index contributed by atoms with van der Waals surface area (Å²) in [5.41, 5.74) is 1.00. The van der Waals surface area contributed by atoms with Gasteiger partial charge in [0.25, 0.3) is 0 Å². The van der Waals surface area contributed by atoms with Crippen LogP contribution in [0.15, 0.2) is 36.5 Å². The molecule has 1 N–H and O–H groups in total. The summed E-state index contributed by atoms with van der Waals surface area (Å²) in [6.45, 7) is 4.49. The molecule has 0 aliphatic heterocycles. The van der Waals surface area contributed by atoms with Crippen molar-refractivity contribution in [1.82, 2.24) is 9.97 Å². The highest BCUT2D eigenvalue weighted by Crippen LogP contribution is 2.16. The Morgan fingerprint density at radius 2 is 2.05 bits per heavy atom. The smallest absolute Gasteiger partial charge is 0.226 e. The molecule has 0 atom stereocenters. The third-order valence-corrected chi connectivity index (χ3v) is 2.75. The normalized spacial score (nSPS) is 10.5. The topological polar surface area (TPSA) is 47.0 Å². The number of benzene rings is 1. The van der Waals surface area contributed by atoms with E-state index in [1.165, 1.54) is 0 Å². The first-order valence-electron chi connectivity index (χ1n) is 6.12. The molecule has 2 rings (SSSR count). The molecule has 4 nitrogen and oxygen atoms in total. The maximum Gasteiger partial charge on any atom is 0.226 e. The molecule has 0 unspecified atom stereocenters. The predicted octanol–water partition coefficient (Wildman–Crippen LogP) is 3.53. The van der Waals surface area contributed by atoms with Crippen LogP contribution in [0.4, 0.5) is 5.95 Å². The lowest BCUT2D eigenvalue weighted by molar-refractivity contribution is 0.232. The second kappa shape index (κ2) is 6.38. The molecule has 0 aliphatic carbocycles. The minimum absolute atomic E-state index is 0.0892. The summed E-state index contributed by atoms with van der Waals surface area (Å²) in [6, 6.07) is 9.41. The van der Waals surface area contributed by atoms with Gasteiger partial charge in [0.05, 0.1) is 6.10 Å². The van der Waals surface area contributed by atoms with Gasteiger partial charge in [0.1, 0.15) is 0 Å². The predicted molar refractivity (Wildman–Crippen MR) is 76.6 cm³/mol. The molecule has 0 aliphatic rings. The molecule has 0 amide bonds. The summed E-state index contributed by atoms with van der Waals surface area (Å²) in [7, 11) is 0. The Labute approximate surface area is 117 Å². The van der Waals surface area contributed by atoms with Gasteiger partial charge >= 0.3 is 0 Å². The Morgan fingerprint density at radius 3 is 2.79 bits per heavy atom. The highest BCUT2D eigenvalue weighted by molar-refractivity contribution is 6.31. The van der Waals surface area contributed by atoms with Crippen molar-refractivity contribution in [2.75, 3.05) is 5.32 Å². The standard InChI is InChI=1S/C14H16ClN3O/c1-10(2)19-13-7-8-16-14(18-13)17-9-11-5-3-4-6-12(11)15/h3-8,10H,9H2,1-2H3,(H,16,17,18). The first kappa shape index (κ1) is 13.6. The van der Waals surface area contributed by atoms with Crippen molar-refractivity contribution < 1.29 is 4.74 Å². The maximum absolute atomic E-state index is 6.09. The van der Waals surface area contributed by atoms with Crippen LogP contribution in [0.3, 0.4) is 0 Å². The van der Waals surface area contributed by atoms with Gasteiger partial charge in [-0.05, 0) is 25.5 Å². The van der Waals surface area contributed by atoms with Crippen molar-refractivity contribution in [1.29, 1.82) is 0 Å². The summed E-state index contributed by atoms with van der Waals surface area (Å²) in [5, 5.41) is 3.86. The van der Waals surface area contributed by atoms with Gasteiger partial charge in [-0.3, -0.25) is 0 Å². The summed E-state index contributed by atoms with van der Waals surface area (Å²) in [5.74, 6) is 1.09. The molecule has 1 heterocycles. The van der Waals surface area contributed by atoms with Gasteiger partial charge in [-0.2, -0.15) is 4.98 Å². The number of ether oxygens (including phenoxy) is 1. The molecule has 0 fully saturated rings. The van der Waals surface area contributed by atoms with Crippen LogP contribution < -0.4 is 10.1 Å². The molecule has 1 aromatic heterocycles. The molecular formula is C14H16ClN3O. The third kappa shape index (κ3) is 4.10. The third-order valence-electron chi connectivity index (χ3n) is 2.38. The van der Waals surface area contributed by atoms with Crippen molar-refractivity contribution in [3.05, 3.63) is 47.1 Å². The van der Waals surface area contributed by atoms with E-state index in [-0.39, 0.29) is 6.10 Å². The fraction of sp³-hybridized carbons (Fsp3) is 0.286. The fourth-order valence-electron chi connectivity index (χ4n) is 1.55. The van der Waals surface area contributed by atoms with Gasteiger partial charge in [0, 0.05) is 23.8 Å². The molecular weight excluding hydrogens is 262 g/mol. The number of nitrogens with one attached hydrogen (secondary N) is 1. The molecule has 0 saturated carbocycles. The first-order chi connectivity index (χ1) is 9.15. The highest BCUT2D eigenvalue weighted by Gasteiger charge is 2.03. The van der Waals surface area contributed by atoms with E-state index >= 15 is 0 Å². The quantitative estimate of drug-likeness (QED) is 0.908. The molecule has 100 valence electrons. The fourth-order valence-corrected chi connectivity index (χ4v) is 1.75. The van der Waals surface area contributed by atoms with Crippen molar-refractivity contribution in [3.63, 3.8) is 0 Å². The van der Waals surface area contributed by atoms with Crippen LogP contribution in [0.2, 0.25) is 5.02 Å². The SMILES string of the molecule is CC(C)Oc1ccnc(NCc2ccccc2Cl)n1. The van der Waals surface area contributed by atoms with E-state index in [9.17, 15) is 0 Å². The van der Waals surface area contributed by atoms with Crippen LogP contribution in [-0.2, 0) is 6.54 Å². The zero-order valence-corrected chi connectivity index (χ0v) is 11.7. The molecule has 5 heteroatoms. The number of hydrogen-bond acceptors (Lipinski definition) is 4. The molecule has 0 saturated heterocycles. The molecule has 0 spiro atoms. The lowest BCUT2D eigenvalue weighted by Gasteiger charge is -2.10. The number of nitrogens with zero attached hydrogens (tertiary/aromatic N) is 2. The Hall–Kier alpha value is -1.81. The van der Waals surface area contributed by atoms with Gasteiger partial charge in [-0.25, -0.2) is 4.98 Å². The average molecular weight is 278 g/mol. The van der Waals surface area contributed by atoms with Crippen molar-refractivity contribution >= 4 is 17.5 Å². The second-order valence-electron chi connectivity index (χ2n) is 4.33. The van der Waals surface area contributed by atoms with E-state index in [4.69, 9.17) is 16.3 Å². The maximum atomic E-state index is 6.09. The first-order valence-corrected chi connectivity index (χ1v) is 6.50. The van der Waals surface area contributed by atoms with Gasteiger partial charge in [-0.15, -0.1) is 0 Å². The molecule has 0 radical (unpaired) electrons. The molecule has 2 aromatic rings. The summed E-state index contributed by atoms with van der Waals surface area (Å²) in [6.07, 6.45) is 1.76. The van der Waals surface area contributed by atoms with Crippen LogP contribution in [0.5, 0.6) is 5.88 Å². The Kier molecular flexibility index (Phi) is 4.58. The van der Waals surface area contributed by atoms with E-state index < -0.39 is 0 Å². The molecule has 0 bridgehead atoms. The van der Waals surface area contributed by atoms with Gasteiger partial charge < -0.3 is 10.1 Å². The Morgan fingerprint density at radius 1 is 1.26 bits per heavy atom. The van der Waals surface area contributed by atoms with Crippen molar-refractivity contribution in [2.24, 2.45) is 0 Å². The van der Waals surface area contributed by atoms with E-state index in [0.717, 1.165) is 10.6 Å². The minimum Gasteiger partial charge on any atom is -0.475 e. The number of halogens is 1. The van der Waals surface area contributed by atoms with Crippen molar-refractivity contribution in [3.8, 4) is 5.88 Å². The molecule has 19 heavy (non-hydrogen) atoms. The minimum atomic E-state index is 0.0892. The average Bonchev–Trinajstić information content (AvgIpc) is 2.37. The molecule has 1 aromatic carbocycles. The lowest BCUT2D eigenvalue weighted by atomic mass is 10.2. The van der Waals surface area contributed by atoms with Crippen LogP contribution in [-0.4, -0.2) is 16.1 Å². The van der Waals surface area contributed by atoms with Gasteiger partial charge in [0.15, 0.2) is 0 Å². The Balaban J connectivity index is 2.02.